The molecule has 11 rings (SSSR count). The van der Waals surface area contributed by atoms with Crippen LogP contribution in [0.1, 0.15) is 0 Å². The van der Waals surface area contributed by atoms with Crippen molar-refractivity contribution in [2.75, 3.05) is 0 Å². The van der Waals surface area contributed by atoms with E-state index in [4.69, 9.17) is 15.0 Å². The van der Waals surface area contributed by atoms with Gasteiger partial charge in [0.25, 0.3) is 0 Å². The fraction of sp³-hybridized carbons (Fsp3) is 0. The maximum Gasteiger partial charge on any atom is 0.164 e. The third-order valence-corrected chi connectivity index (χ3v) is 12.8. The lowest BCUT2D eigenvalue weighted by molar-refractivity contribution is 1.07. The quantitative estimate of drug-likeness (QED) is 0.170. The number of benzene rings is 8. The molecule has 0 amide bonds. The van der Waals surface area contributed by atoms with Crippen molar-refractivity contribution in [2.45, 2.75) is 0 Å². The van der Waals surface area contributed by atoms with Gasteiger partial charge in [-0.25, -0.2) is 15.0 Å². The second-order valence-electron chi connectivity index (χ2n) is 14.0. The standard InChI is InChI=1S/C51H31N3S2/c1-3-10-32(11-4-1)34-18-20-35(21-19-34)49-52-50(54-51(53-49)40-23-26-42-41-16-7-8-17-45(41)55-48(42)31-40)39-15-9-14-36(28-39)38-22-25-43-44-29-37(33-12-5-2-6-13-33)24-27-46(44)56-47(43)30-38/h1-31H. The maximum absolute atomic E-state index is 5.16. The number of nitrogens with zero attached hydrogens (tertiary/aromatic N) is 3. The van der Waals surface area contributed by atoms with Crippen LogP contribution in [0.4, 0.5) is 0 Å². The Hall–Kier alpha value is -6.79. The Balaban J connectivity index is 1.00. The number of hydrogen-bond acceptors (Lipinski definition) is 5. The van der Waals surface area contributed by atoms with Crippen molar-refractivity contribution in [2.24, 2.45) is 0 Å². The molecule has 56 heavy (non-hydrogen) atoms. The number of rotatable bonds is 6. The smallest absolute Gasteiger partial charge is 0.164 e. The van der Waals surface area contributed by atoms with Gasteiger partial charge in [0, 0.05) is 57.0 Å². The third kappa shape index (κ3) is 5.86. The Kier molecular flexibility index (Phi) is 7.87. The zero-order chi connectivity index (χ0) is 37.0. The van der Waals surface area contributed by atoms with Gasteiger partial charge in [0.05, 0.1) is 0 Å². The van der Waals surface area contributed by atoms with Crippen molar-refractivity contribution >= 4 is 63.0 Å². The summed E-state index contributed by atoms with van der Waals surface area (Å²) in [6.07, 6.45) is 0. The van der Waals surface area contributed by atoms with Crippen LogP contribution in [0, 0.1) is 0 Å². The molecule has 0 saturated carbocycles. The van der Waals surface area contributed by atoms with Crippen LogP contribution >= 0.6 is 22.7 Å². The van der Waals surface area contributed by atoms with E-state index in [-0.39, 0.29) is 0 Å². The molecule has 0 bridgehead atoms. The summed E-state index contributed by atoms with van der Waals surface area (Å²) in [6, 6.07) is 66.9. The van der Waals surface area contributed by atoms with Gasteiger partial charge in [0.2, 0.25) is 0 Å². The molecule has 3 heterocycles. The molecule has 0 aliphatic carbocycles. The minimum atomic E-state index is 0.645. The van der Waals surface area contributed by atoms with E-state index in [0.717, 1.165) is 33.4 Å². The van der Waals surface area contributed by atoms with Gasteiger partial charge in [-0.3, -0.25) is 0 Å². The second kappa shape index (κ2) is 13.5. The molecule has 3 aromatic heterocycles. The van der Waals surface area contributed by atoms with E-state index in [2.05, 4.69) is 182 Å². The molecule has 3 nitrogen and oxygen atoms in total. The average Bonchev–Trinajstić information content (AvgIpc) is 3.84. The van der Waals surface area contributed by atoms with Crippen LogP contribution in [0.15, 0.2) is 188 Å². The molecule has 0 spiro atoms. The molecule has 0 fully saturated rings. The number of thiophene rings is 2. The SMILES string of the molecule is c1ccc(-c2ccc(-c3nc(-c4cccc(-c5ccc6c(c5)sc5ccc(-c7ccccc7)cc56)c4)nc(-c4ccc5c(c4)sc4ccccc45)n3)cc2)cc1. The molecule has 0 aliphatic heterocycles. The van der Waals surface area contributed by atoms with Crippen molar-refractivity contribution in [3.8, 4) is 67.5 Å². The number of aromatic nitrogens is 3. The molecular formula is C51H31N3S2. The molecule has 0 aliphatic rings. The predicted molar refractivity (Wildman–Crippen MR) is 238 cm³/mol. The van der Waals surface area contributed by atoms with E-state index < -0.39 is 0 Å². The predicted octanol–water partition coefficient (Wildman–Crippen LogP) is 14.6. The van der Waals surface area contributed by atoms with Crippen LogP contribution in [0.3, 0.4) is 0 Å². The summed E-state index contributed by atoms with van der Waals surface area (Å²) in [7, 11) is 0. The van der Waals surface area contributed by atoms with E-state index in [1.165, 1.54) is 57.0 Å². The van der Waals surface area contributed by atoms with Gasteiger partial charge >= 0.3 is 0 Å². The fourth-order valence-electron chi connectivity index (χ4n) is 7.68. The summed E-state index contributed by atoms with van der Waals surface area (Å²) in [5.41, 5.74) is 9.94. The molecule has 262 valence electrons. The van der Waals surface area contributed by atoms with Crippen LogP contribution in [0.5, 0.6) is 0 Å². The minimum Gasteiger partial charge on any atom is -0.208 e. The largest absolute Gasteiger partial charge is 0.208 e. The van der Waals surface area contributed by atoms with E-state index in [1.54, 1.807) is 11.3 Å². The van der Waals surface area contributed by atoms with Crippen molar-refractivity contribution in [1.29, 1.82) is 0 Å². The summed E-state index contributed by atoms with van der Waals surface area (Å²) in [5.74, 6) is 1.95. The van der Waals surface area contributed by atoms with E-state index >= 15 is 0 Å². The number of fused-ring (bicyclic) bond motifs is 6. The Morgan fingerprint density at radius 2 is 0.643 bits per heavy atom. The van der Waals surface area contributed by atoms with E-state index in [0.29, 0.717) is 17.5 Å². The van der Waals surface area contributed by atoms with Crippen LogP contribution in [-0.2, 0) is 0 Å². The lowest BCUT2D eigenvalue weighted by atomic mass is 10.00. The summed E-state index contributed by atoms with van der Waals surface area (Å²) >= 11 is 3.65. The van der Waals surface area contributed by atoms with Gasteiger partial charge < -0.3 is 0 Å². The molecule has 0 radical (unpaired) electrons. The molecule has 0 N–H and O–H groups in total. The van der Waals surface area contributed by atoms with Crippen LogP contribution in [-0.4, -0.2) is 15.0 Å². The highest BCUT2D eigenvalue weighted by molar-refractivity contribution is 7.26. The normalized spacial score (nSPS) is 11.6. The molecule has 5 heteroatoms. The van der Waals surface area contributed by atoms with Gasteiger partial charge in [-0.2, -0.15) is 0 Å². The highest BCUT2D eigenvalue weighted by Crippen LogP contribution is 2.40. The molecule has 0 atom stereocenters. The third-order valence-electron chi connectivity index (χ3n) is 10.6. The molecular weight excluding hydrogens is 719 g/mol. The van der Waals surface area contributed by atoms with Crippen LogP contribution in [0.25, 0.3) is 108 Å². The van der Waals surface area contributed by atoms with Gasteiger partial charge in [0.15, 0.2) is 17.5 Å². The van der Waals surface area contributed by atoms with Crippen LogP contribution < -0.4 is 0 Å². The first-order valence-electron chi connectivity index (χ1n) is 18.7. The van der Waals surface area contributed by atoms with E-state index in [9.17, 15) is 0 Å². The maximum atomic E-state index is 5.16. The first-order chi connectivity index (χ1) is 27.7. The van der Waals surface area contributed by atoms with Crippen molar-refractivity contribution in [1.82, 2.24) is 15.0 Å². The lowest BCUT2D eigenvalue weighted by Gasteiger charge is -2.10. The first kappa shape index (κ1) is 32.6. The second-order valence-corrected chi connectivity index (χ2v) is 16.2. The van der Waals surface area contributed by atoms with Crippen molar-refractivity contribution in [3.63, 3.8) is 0 Å². The minimum absolute atomic E-state index is 0.645. The zero-order valence-corrected chi connectivity index (χ0v) is 31.7. The molecule has 8 aromatic carbocycles. The van der Waals surface area contributed by atoms with Crippen LogP contribution in [0.2, 0.25) is 0 Å². The van der Waals surface area contributed by atoms with Crippen molar-refractivity contribution in [3.05, 3.63) is 188 Å². The van der Waals surface area contributed by atoms with Gasteiger partial charge in [-0.15, -0.1) is 22.7 Å². The summed E-state index contributed by atoms with van der Waals surface area (Å²) in [6.45, 7) is 0. The fourth-order valence-corrected chi connectivity index (χ4v) is 9.95. The zero-order valence-electron chi connectivity index (χ0n) is 30.1. The first-order valence-corrected chi connectivity index (χ1v) is 20.3. The topological polar surface area (TPSA) is 38.7 Å². The highest BCUT2D eigenvalue weighted by Gasteiger charge is 2.16. The number of hydrogen-bond donors (Lipinski definition) is 0. The summed E-state index contributed by atoms with van der Waals surface area (Å²) in [4.78, 5) is 15.4. The Bertz CT molecular complexity index is 3240. The summed E-state index contributed by atoms with van der Waals surface area (Å²) in [5, 5.41) is 5.10. The van der Waals surface area contributed by atoms with Crippen molar-refractivity contribution < 1.29 is 0 Å². The Morgan fingerprint density at radius 3 is 1.38 bits per heavy atom. The monoisotopic (exact) mass is 749 g/mol. The Labute approximate surface area is 331 Å². The van der Waals surface area contributed by atoms with Gasteiger partial charge in [-0.1, -0.05) is 152 Å². The summed E-state index contributed by atoms with van der Waals surface area (Å²) < 4.78 is 5.06. The molecule has 0 unspecified atom stereocenters. The Morgan fingerprint density at radius 1 is 0.232 bits per heavy atom. The lowest BCUT2D eigenvalue weighted by Crippen LogP contribution is -2.00. The van der Waals surface area contributed by atoms with E-state index in [1.807, 2.05) is 17.4 Å². The molecule has 0 saturated heterocycles. The van der Waals surface area contributed by atoms with Gasteiger partial charge in [0.1, 0.15) is 0 Å². The van der Waals surface area contributed by atoms with Gasteiger partial charge in [-0.05, 0) is 69.8 Å². The molecule has 11 aromatic rings. The average molecular weight is 750 g/mol. The highest BCUT2D eigenvalue weighted by atomic mass is 32.1.